The number of ether oxygens (including phenoxy) is 1. The summed E-state index contributed by atoms with van der Waals surface area (Å²) in [6.45, 7) is 0. The van der Waals surface area contributed by atoms with Gasteiger partial charge in [0, 0.05) is 12.6 Å². The third kappa shape index (κ3) is 3.55. The summed E-state index contributed by atoms with van der Waals surface area (Å²) in [7, 11) is 1.59. The quantitative estimate of drug-likeness (QED) is 0.675. The van der Waals surface area contributed by atoms with Gasteiger partial charge in [0.15, 0.2) is 11.5 Å². The van der Waals surface area contributed by atoms with Crippen LogP contribution in [0.1, 0.15) is 0 Å². The molecule has 0 unspecified atom stereocenters. The van der Waals surface area contributed by atoms with E-state index in [1.54, 1.807) is 37.4 Å². The van der Waals surface area contributed by atoms with Crippen LogP contribution in [0, 0.1) is 0 Å². The number of halogens is 3. The summed E-state index contributed by atoms with van der Waals surface area (Å²) in [5.74, 6) is -0.0868. The van der Waals surface area contributed by atoms with E-state index in [4.69, 9.17) is 4.42 Å². The number of anilines is 1. The van der Waals surface area contributed by atoms with E-state index in [0.717, 1.165) is 0 Å². The van der Waals surface area contributed by atoms with Gasteiger partial charge in [0.25, 0.3) is 0 Å². The van der Waals surface area contributed by atoms with Crippen LogP contribution in [-0.4, -0.2) is 18.5 Å². The van der Waals surface area contributed by atoms with Crippen molar-refractivity contribution in [2.75, 3.05) is 12.4 Å². The molecule has 0 aliphatic heterocycles. The van der Waals surface area contributed by atoms with Gasteiger partial charge in [-0.2, -0.15) is 0 Å². The molecule has 3 aromatic rings. The minimum Gasteiger partial charge on any atom is -0.504 e. The summed E-state index contributed by atoms with van der Waals surface area (Å²) in [6, 6.07) is 14.2. The molecule has 7 heteroatoms. The lowest BCUT2D eigenvalue weighted by atomic mass is 10.0. The highest BCUT2D eigenvalue weighted by molar-refractivity contribution is 5.87. The molecule has 2 aromatic carbocycles. The van der Waals surface area contributed by atoms with Crippen LogP contribution in [0.5, 0.6) is 11.5 Å². The van der Waals surface area contributed by atoms with Crippen molar-refractivity contribution in [2.45, 2.75) is 6.36 Å². The van der Waals surface area contributed by atoms with Gasteiger partial charge in [-0.1, -0.05) is 42.5 Å². The Morgan fingerprint density at radius 3 is 2.32 bits per heavy atom. The van der Waals surface area contributed by atoms with Gasteiger partial charge >= 0.3 is 6.36 Å². The monoisotopic (exact) mass is 349 g/mol. The van der Waals surface area contributed by atoms with Crippen molar-refractivity contribution in [3.8, 4) is 33.9 Å². The van der Waals surface area contributed by atoms with Gasteiger partial charge in [0.1, 0.15) is 5.75 Å². The number of hydrogen-bond acceptors (Lipinski definition) is 4. The molecule has 0 amide bonds. The second-order valence-electron chi connectivity index (χ2n) is 5.18. The molecule has 0 atom stereocenters. The minimum atomic E-state index is -4.79. The number of benzene rings is 2. The Morgan fingerprint density at radius 2 is 1.68 bits per heavy atom. The maximum absolute atomic E-state index is 12.4. The standard InChI is InChI=1S/C18H14F3NO3/c1-22-17-14(12-8-5-9-13(10-12)25-18(19,20)21)15(23)16(24-17)11-6-3-2-4-7-11/h2-10,22-23H,1H3. The van der Waals surface area contributed by atoms with Gasteiger partial charge in [0.05, 0.1) is 5.56 Å². The number of aromatic hydroxyl groups is 1. The van der Waals surface area contributed by atoms with Crippen LogP contribution in [-0.2, 0) is 0 Å². The van der Waals surface area contributed by atoms with E-state index < -0.39 is 6.36 Å². The first kappa shape index (κ1) is 16.8. The summed E-state index contributed by atoms with van der Waals surface area (Å²) in [6.07, 6.45) is -4.79. The Morgan fingerprint density at radius 1 is 1.00 bits per heavy atom. The Hall–Kier alpha value is -3.09. The molecule has 0 bridgehead atoms. The second kappa shape index (κ2) is 6.43. The van der Waals surface area contributed by atoms with Gasteiger partial charge in [-0.25, -0.2) is 0 Å². The first-order valence-electron chi connectivity index (χ1n) is 7.34. The van der Waals surface area contributed by atoms with Crippen molar-refractivity contribution in [3.05, 3.63) is 54.6 Å². The zero-order valence-corrected chi connectivity index (χ0v) is 13.1. The number of nitrogens with one attached hydrogen (secondary N) is 1. The van der Waals surface area contributed by atoms with Crippen LogP contribution >= 0.6 is 0 Å². The first-order chi connectivity index (χ1) is 11.9. The Labute approximate surface area is 141 Å². The molecule has 3 rings (SSSR count). The summed E-state index contributed by atoms with van der Waals surface area (Å²) < 4.78 is 46.9. The number of hydrogen-bond donors (Lipinski definition) is 2. The number of furan rings is 1. The van der Waals surface area contributed by atoms with Gasteiger partial charge in [-0.15, -0.1) is 13.2 Å². The molecular weight excluding hydrogens is 335 g/mol. The molecule has 0 spiro atoms. The summed E-state index contributed by atoms with van der Waals surface area (Å²) in [5, 5.41) is 13.4. The molecule has 0 fully saturated rings. The highest BCUT2D eigenvalue weighted by Crippen LogP contribution is 2.46. The third-order valence-corrected chi connectivity index (χ3v) is 3.50. The molecule has 1 aromatic heterocycles. The third-order valence-electron chi connectivity index (χ3n) is 3.50. The summed E-state index contributed by atoms with van der Waals surface area (Å²) >= 11 is 0. The first-order valence-corrected chi connectivity index (χ1v) is 7.34. The highest BCUT2D eigenvalue weighted by Gasteiger charge is 2.31. The van der Waals surface area contributed by atoms with Crippen LogP contribution in [0.15, 0.2) is 59.0 Å². The molecule has 2 N–H and O–H groups in total. The molecule has 0 saturated carbocycles. The van der Waals surface area contributed by atoms with Crippen molar-refractivity contribution in [3.63, 3.8) is 0 Å². The lowest BCUT2D eigenvalue weighted by Gasteiger charge is -2.10. The van der Waals surface area contributed by atoms with Crippen molar-refractivity contribution in [1.82, 2.24) is 0 Å². The van der Waals surface area contributed by atoms with E-state index in [1.165, 1.54) is 18.2 Å². The summed E-state index contributed by atoms with van der Waals surface area (Å²) in [4.78, 5) is 0. The van der Waals surface area contributed by atoms with Gasteiger partial charge in [-0.3, -0.25) is 0 Å². The molecule has 0 aliphatic rings. The van der Waals surface area contributed by atoms with Crippen LogP contribution in [0.4, 0.5) is 19.1 Å². The number of alkyl halides is 3. The lowest BCUT2D eigenvalue weighted by molar-refractivity contribution is -0.274. The fourth-order valence-corrected chi connectivity index (χ4v) is 2.50. The Kier molecular flexibility index (Phi) is 4.31. The van der Waals surface area contributed by atoms with E-state index in [2.05, 4.69) is 10.1 Å². The predicted octanol–water partition coefficient (Wildman–Crippen LogP) is 5.26. The Bertz CT molecular complexity index is 873. The van der Waals surface area contributed by atoms with E-state index >= 15 is 0 Å². The van der Waals surface area contributed by atoms with Crippen LogP contribution in [0.3, 0.4) is 0 Å². The van der Waals surface area contributed by atoms with Crippen molar-refractivity contribution in [2.24, 2.45) is 0 Å². The van der Waals surface area contributed by atoms with E-state index in [0.29, 0.717) is 11.1 Å². The maximum atomic E-state index is 12.4. The molecule has 25 heavy (non-hydrogen) atoms. The van der Waals surface area contributed by atoms with E-state index in [-0.39, 0.29) is 28.7 Å². The highest BCUT2D eigenvalue weighted by atomic mass is 19.4. The van der Waals surface area contributed by atoms with Crippen molar-refractivity contribution in [1.29, 1.82) is 0 Å². The smallest absolute Gasteiger partial charge is 0.504 e. The maximum Gasteiger partial charge on any atom is 0.573 e. The van der Waals surface area contributed by atoms with Crippen molar-refractivity contribution >= 4 is 5.88 Å². The topological polar surface area (TPSA) is 54.6 Å². The second-order valence-corrected chi connectivity index (χ2v) is 5.18. The minimum absolute atomic E-state index is 0.167. The zero-order chi connectivity index (χ0) is 18.0. The van der Waals surface area contributed by atoms with Crippen LogP contribution in [0.2, 0.25) is 0 Å². The lowest BCUT2D eigenvalue weighted by Crippen LogP contribution is -2.17. The van der Waals surface area contributed by atoms with Gasteiger partial charge in [0.2, 0.25) is 5.88 Å². The summed E-state index contributed by atoms with van der Waals surface area (Å²) in [5.41, 5.74) is 1.23. The molecule has 0 aliphatic carbocycles. The molecule has 130 valence electrons. The van der Waals surface area contributed by atoms with Gasteiger partial charge in [-0.05, 0) is 17.7 Å². The molecule has 0 radical (unpaired) electrons. The molecular formula is C18H14F3NO3. The SMILES string of the molecule is CNc1oc(-c2ccccc2)c(O)c1-c1cccc(OC(F)(F)F)c1. The fraction of sp³-hybridized carbons (Fsp3) is 0.111. The van der Waals surface area contributed by atoms with E-state index in [1.807, 2.05) is 6.07 Å². The van der Waals surface area contributed by atoms with E-state index in [9.17, 15) is 18.3 Å². The van der Waals surface area contributed by atoms with Gasteiger partial charge < -0.3 is 19.6 Å². The average molecular weight is 349 g/mol. The van der Waals surface area contributed by atoms with Crippen LogP contribution in [0.25, 0.3) is 22.5 Å². The predicted molar refractivity (Wildman–Crippen MR) is 87.5 cm³/mol. The Balaban J connectivity index is 2.09. The fourth-order valence-electron chi connectivity index (χ4n) is 2.50. The average Bonchev–Trinajstić information content (AvgIpc) is 2.91. The largest absolute Gasteiger partial charge is 0.573 e. The van der Waals surface area contributed by atoms with Crippen molar-refractivity contribution < 1.29 is 27.4 Å². The molecule has 1 heterocycles. The normalized spacial score (nSPS) is 11.4. The number of rotatable bonds is 4. The zero-order valence-electron chi connectivity index (χ0n) is 13.1. The molecule has 4 nitrogen and oxygen atoms in total. The molecule has 0 saturated heterocycles. The van der Waals surface area contributed by atoms with Crippen LogP contribution < -0.4 is 10.1 Å².